The molecule has 0 saturated carbocycles. The Kier molecular flexibility index (Phi) is 3.60. The van der Waals surface area contributed by atoms with Crippen molar-refractivity contribution >= 4 is 14.3 Å². The summed E-state index contributed by atoms with van der Waals surface area (Å²) >= 11 is 0. The molecule has 0 saturated heterocycles. The molecule has 1 unspecified atom stereocenters. The molecular weight excluding hydrogens is 178 g/mol. The Morgan fingerprint density at radius 1 is 1.09 bits per heavy atom. The lowest BCUT2D eigenvalue weighted by atomic mass is 10.6. The van der Waals surface area contributed by atoms with E-state index in [1.165, 1.54) is 0 Å². The molecule has 0 aliphatic carbocycles. The highest BCUT2D eigenvalue weighted by Crippen LogP contribution is 2.58. The Bertz CT molecular complexity index is 214. The van der Waals surface area contributed by atoms with E-state index in [-0.39, 0.29) is 5.66 Å². The van der Waals surface area contributed by atoms with Crippen molar-refractivity contribution in [3.63, 3.8) is 0 Å². The SMILES string of the molecule is CC(C)P(C)(=O)CP(C)(C)=O. The van der Waals surface area contributed by atoms with E-state index in [1.54, 1.807) is 20.0 Å². The van der Waals surface area contributed by atoms with Crippen molar-refractivity contribution < 1.29 is 9.13 Å². The summed E-state index contributed by atoms with van der Waals surface area (Å²) < 4.78 is 23.1. The van der Waals surface area contributed by atoms with Gasteiger partial charge in [-0.3, -0.25) is 0 Å². The van der Waals surface area contributed by atoms with Gasteiger partial charge in [-0.1, -0.05) is 13.8 Å². The van der Waals surface area contributed by atoms with Crippen LogP contribution in [0.2, 0.25) is 0 Å². The Labute approximate surface area is 69.5 Å². The first-order chi connectivity index (χ1) is 4.65. The van der Waals surface area contributed by atoms with Crippen molar-refractivity contribution in [1.29, 1.82) is 0 Å². The minimum Gasteiger partial charge on any atom is -0.324 e. The zero-order valence-corrected chi connectivity index (χ0v) is 9.78. The largest absolute Gasteiger partial charge is 0.324 e. The molecule has 0 N–H and O–H groups in total. The molecule has 0 aliphatic heterocycles. The Hall–Kier alpha value is 0.460. The minimum absolute atomic E-state index is 0.163. The van der Waals surface area contributed by atoms with E-state index in [2.05, 4.69) is 0 Å². The highest BCUT2D eigenvalue weighted by Gasteiger charge is 2.25. The highest BCUT2D eigenvalue weighted by atomic mass is 31.2. The van der Waals surface area contributed by atoms with Crippen LogP contribution in [0, 0.1) is 0 Å². The van der Waals surface area contributed by atoms with Gasteiger partial charge in [-0.15, -0.1) is 0 Å². The summed E-state index contributed by atoms with van der Waals surface area (Å²) in [5.74, 6) is 0.414. The summed E-state index contributed by atoms with van der Waals surface area (Å²) in [6, 6.07) is 0. The third kappa shape index (κ3) is 4.82. The first kappa shape index (κ1) is 11.5. The van der Waals surface area contributed by atoms with Crippen molar-refractivity contribution in [2.45, 2.75) is 19.5 Å². The molecule has 1 atom stereocenters. The topological polar surface area (TPSA) is 34.1 Å². The minimum atomic E-state index is -2.15. The average molecular weight is 196 g/mol. The van der Waals surface area contributed by atoms with Gasteiger partial charge < -0.3 is 9.13 Å². The van der Waals surface area contributed by atoms with Gasteiger partial charge in [0.25, 0.3) is 0 Å². The second kappa shape index (κ2) is 3.46. The highest BCUT2D eigenvalue weighted by molar-refractivity contribution is 7.79. The molecule has 0 aromatic rings. The molecule has 0 fully saturated rings. The van der Waals surface area contributed by atoms with Crippen LogP contribution in [0.25, 0.3) is 0 Å². The molecule has 0 radical (unpaired) electrons. The molecule has 11 heavy (non-hydrogen) atoms. The van der Waals surface area contributed by atoms with Crippen LogP contribution in [0.5, 0.6) is 0 Å². The number of hydrogen-bond donors (Lipinski definition) is 0. The van der Waals surface area contributed by atoms with Gasteiger partial charge in [-0.05, 0) is 20.0 Å². The van der Waals surface area contributed by atoms with E-state index in [1.807, 2.05) is 13.8 Å². The standard InChI is InChI=1S/C7H18O2P2/c1-7(2)11(5,9)6-10(3,4)8/h7H,6H2,1-5H3. The van der Waals surface area contributed by atoms with Crippen LogP contribution >= 0.6 is 14.3 Å². The Balaban J connectivity index is 4.39. The van der Waals surface area contributed by atoms with E-state index < -0.39 is 14.3 Å². The van der Waals surface area contributed by atoms with Crippen LogP contribution in [-0.2, 0) is 9.13 Å². The second-order valence-corrected chi connectivity index (χ2v) is 11.6. The summed E-state index contributed by atoms with van der Waals surface area (Å²) in [6.45, 7) is 9.00. The molecule has 0 heterocycles. The summed E-state index contributed by atoms with van der Waals surface area (Å²) in [6.07, 6.45) is 0. The summed E-state index contributed by atoms with van der Waals surface area (Å²) in [5, 5.41) is 0. The van der Waals surface area contributed by atoms with Gasteiger partial charge in [-0.25, -0.2) is 0 Å². The van der Waals surface area contributed by atoms with E-state index in [0.29, 0.717) is 5.90 Å². The zero-order chi connectivity index (χ0) is 9.28. The van der Waals surface area contributed by atoms with Crippen LogP contribution in [-0.4, -0.2) is 31.6 Å². The zero-order valence-electron chi connectivity index (χ0n) is 8.00. The normalized spacial score (nSPS) is 18.4. The van der Waals surface area contributed by atoms with Crippen LogP contribution in [0.1, 0.15) is 13.8 Å². The molecule has 0 aromatic heterocycles. The molecule has 0 bridgehead atoms. The third-order valence-electron chi connectivity index (χ3n) is 1.71. The first-order valence-electron chi connectivity index (χ1n) is 3.75. The third-order valence-corrected chi connectivity index (χ3v) is 8.87. The fraction of sp³-hybridized carbons (Fsp3) is 1.00. The number of hydrogen-bond acceptors (Lipinski definition) is 2. The van der Waals surface area contributed by atoms with Gasteiger partial charge >= 0.3 is 0 Å². The van der Waals surface area contributed by atoms with E-state index in [9.17, 15) is 9.13 Å². The maximum Gasteiger partial charge on any atom is 0.0942 e. The molecule has 68 valence electrons. The summed E-state index contributed by atoms with van der Waals surface area (Å²) in [7, 11) is -4.25. The number of rotatable bonds is 3. The lowest BCUT2D eigenvalue weighted by Crippen LogP contribution is -2.00. The van der Waals surface area contributed by atoms with Gasteiger partial charge in [0, 0.05) is 5.66 Å². The lowest BCUT2D eigenvalue weighted by molar-refractivity contribution is 0.570. The monoisotopic (exact) mass is 196 g/mol. The molecular formula is C7H18O2P2. The smallest absolute Gasteiger partial charge is 0.0942 e. The fourth-order valence-corrected chi connectivity index (χ4v) is 7.56. The van der Waals surface area contributed by atoms with Crippen molar-refractivity contribution in [1.82, 2.24) is 0 Å². The summed E-state index contributed by atoms with van der Waals surface area (Å²) in [4.78, 5) is 0. The van der Waals surface area contributed by atoms with Gasteiger partial charge in [-0.2, -0.15) is 0 Å². The van der Waals surface area contributed by atoms with Crippen molar-refractivity contribution in [2.75, 3.05) is 25.9 Å². The lowest BCUT2D eigenvalue weighted by Gasteiger charge is -2.19. The van der Waals surface area contributed by atoms with Gasteiger partial charge in [0.15, 0.2) is 0 Å². The molecule has 4 heteroatoms. The van der Waals surface area contributed by atoms with Crippen molar-refractivity contribution in [2.24, 2.45) is 0 Å². The van der Waals surface area contributed by atoms with E-state index in [4.69, 9.17) is 0 Å². The fourth-order valence-electron chi connectivity index (χ4n) is 0.840. The van der Waals surface area contributed by atoms with E-state index in [0.717, 1.165) is 0 Å². The molecule has 0 amide bonds. The maximum absolute atomic E-state index is 11.8. The molecule has 0 aliphatic rings. The summed E-state index contributed by atoms with van der Waals surface area (Å²) in [5.41, 5.74) is 0.163. The maximum atomic E-state index is 11.8. The molecule has 2 nitrogen and oxygen atoms in total. The first-order valence-corrected chi connectivity index (χ1v) is 8.95. The van der Waals surface area contributed by atoms with Gasteiger partial charge in [0.1, 0.15) is 0 Å². The van der Waals surface area contributed by atoms with Crippen molar-refractivity contribution in [3.8, 4) is 0 Å². The molecule has 0 aromatic carbocycles. The van der Waals surface area contributed by atoms with Crippen molar-refractivity contribution in [3.05, 3.63) is 0 Å². The molecule has 0 spiro atoms. The van der Waals surface area contributed by atoms with Gasteiger partial charge in [0.2, 0.25) is 0 Å². The van der Waals surface area contributed by atoms with Gasteiger partial charge in [0.05, 0.1) is 20.2 Å². The Morgan fingerprint density at radius 3 is 1.55 bits per heavy atom. The van der Waals surface area contributed by atoms with Crippen LogP contribution < -0.4 is 0 Å². The Morgan fingerprint density at radius 2 is 1.45 bits per heavy atom. The van der Waals surface area contributed by atoms with Crippen LogP contribution in [0.3, 0.4) is 0 Å². The predicted molar refractivity (Wildman–Crippen MR) is 53.0 cm³/mol. The second-order valence-electron chi connectivity index (χ2n) is 3.98. The van der Waals surface area contributed by atoms with E-state index >= 15 is 0 Å². The van der Waals surface area contributed by atoms with Crippen LogP contribution in [0.4, 0.5) is 0 Å². The molecule has 0 rings (SSSR count). The quantitative estimate of drug-likeness (QED) is 0.650. The van der Waals surface area contributed by atoms with Crippen LogP contribution in [0.15, 0.2) is 0 Å². The predicted octanol–water partition coefficient (Wildman–Crippen LogP) is 2.97. The average Bonchev–Trinajstić information content (AvgIpc) is 1.56.